The monoisotopic (exact) mass is 306 g/mol. The second kappa shape index (κ2) is 7.26. The Labute approximate surface area is 130 Å². The van der Waals surface area contributed by atoms with Gasteiger partial charge in [0.15, 0.2) is 0 Å². The van der Waals surface area contributed by atoms with E-state index in [1.165, 1.54) is 0 Å². The molecule has 6 nitrogen and oxygen atoms in total. The van der Waals surface area contributed by atoms with Crippen molar-refractivity contribution in [3.8, 4) is 0 Å². The van der Waals surface area contributed by atoms with Crippen molar-refractivity contribution < 1.29 is 19.1 Å². The van der Waals surface area contributed by atoms with Crippen molar-refractivity contribution in [3.05, 3.63) is 29.8 Å². The summed E-state index contributed by atoms with van der Waals surface area (Å²) in [6.07, 6.45) is 0.0568. The Bertz CT molecular complexity index is 519. The smallest absolute Gasteiger partial charge is 0.338 e. The lowest BCUT2D eigenvalue weighted by Crippen LogP contribution is -2.49. The van der Waals surface area contributed by atoms with Crippen LogP contribution in [-0.2, 0) is 9.47 Å². The van der Waals surface area contributed by atoms with Gasteiger partial charge in [-0.2, -0.15) is 0 Å². The molecule has 1 N–H and O–H groups in total. The molecular weight excluding hydrogens is 284 g/mol. The van der Waals surface area contributed by atoms with Gasteiger partial charge in [0.2, 0.25) is 0 Å². The molecule has 1 aliphatic rings. The number of hydrogen-bond donors (Lipinski definition) is 1. The molecule has 1 saturated heterocycles. The first kappa shape index (κ1) is 16.3. The molecular formula is C16H22N2O4. The van der Waals surface area contributed by atoms with Crippen LogP contribution in [0.4, 0.5) is 10.5 Å². The standard InChI is InChI=1S/C16H22N2O4/c1-4-21-15(19)13-5-7-14(8-6-13)17-16(20)18-9-11(2)22-12(3)10-18/h5-8,11-12H,4,9-10H2,1-3H3,(H,17,20)/t11-,12-/m0/s1. The van der Waals surface area contributed by atoms with Crippen molar-refractivity contribution in [1.29, 1.82) is 0 Å². The molecule has 2 atom stereocenters. The van der Waals surface area contributed by atoms with Gasteiger partial charge in [-0.05, 0) is 45.0 Å². The zero-order chi connectivity index (χ0) is 16.1. The van der Waals surface area contributed by atoms with Crippen LogP contribution in [0.25, 0.3) is 0 Å². The van der Waals surface area contributed by atoms with Gasteiger partial charge < -0.3 is 19.7 Å². The lowest BCUT2D eigenvalue weighted by atomic mass is 10.2. The third-order valence-corrected chi connectivity index (χ3v) is 3.35. The Morgan fingerprint density at radius 3 is 2.36 bits per heavy atom. The van der Waals surface area contributed by atoms with Crippen LogP contribution >= 0.6 is 0 Å². The maximum atomic E-state index is 12.2. The zero-order valence-electron chi connectivity index (χ0n) is 13.2. The largest absolute Gasteiger partial charge is 0.462 e. The van der Waals surface area contributed by atoms with Crippen LogP contribution in [0.3, 0.4) is 0 Å². The number of benzene rings is 1. The van der Waals surface area contributed by atoms with Crippen molar-refractivity contribution in [3.63, 3.8) is 0 Å². The van der Waals surface area contributed by atoms with Crippen LogP contribution in [0.2, 0.25) is 0 Å². The molecule has 6 heteroatoms. The number of ether oxygens (including phenoxy) is 2. The fraction of sp³-hybridized carbons (Fsp3) is 0.500. The lowest BCUT2D eigenvalue weighted by Gasteiger charge is -2.35. The number of carbonyl (C=O) groups is 2. The predicted molar refractivity (Wildman–Crippen MR) is 83.0 cm³/mol. The van der Waals surface area contributed by atoms with E-state index in [2.05, 4.69) is 5.32 Å². The molecule has 22 heavy (non-hydrogen) atoms. The number of amides is 2. The van der Waals surface area contributed by atoms with E-state index >= 15 is 0 Å². The van der Waals surface area contributed by atoms with Gasteiger partial charge in [-0.3, -0.25) is 0 Å². The fourth-order valence-electron chi connectivity index (χ4n) is 2.45. The normalized spacial score (nSPS) is 21.3. The SMILES string of the molecule is CCOC(=O)c1ccc(NC(=O)N2C[C@H](C)O[C@@H](C)C2)cc1. The summed E-state index contributed by atoms with van der Waals surface area (Å²) >= 11 is 0. The second-order valence-corrected chi connectivity index (χ2v) is 5.39. The molecule has 1 heterocycles. The van der Waals surface area contributed by atoms with E-state index in [0.717, 1.165) is 0 Å². The summed E-state index contributed by atoms with van der Waals surface area (Å²) in [5.41, 5.74) is 1.11. The number of carbonyl (C=O) groups excluding carboxylic acids is 2. The van der Waals surface area contributed by atoms with Crippen molar-refractivity contribution in [2.24, 2.45) is 0 Å². The number of urea groups is 1. The zero-order valence-corrected chi connectivity index (χ0v) is 13.2. The second-order valence-electron chi connectivity index (χ2n) is 5.39. The van der Waals surface area contributed by atoms with Crippen molar-refractivity contribution in [2.45, 2.75) is 33.0 Å². The number of nitrogens with zero attached hydrogens (tertiary/aromatic N) is 1. The molecule has 120 valence electrons. The maximum Gasteiger partial charge on any atom is 0.338 e. The molecule has 0 radical (unpaired) electrons. The number of nitrogens with one attached hydrogen (secondary N) is 1. The van der Waals surface area contributed by atoms with Gasteiger partial charge in [0, 0.05) is 18.8 Å². The Morgan fingerprint density at radius 2 is 1.82 bits per heavy atom. The lowest BCUT2D eigenvalue weighted by molar-refractivity contribution is -0.0530. The molecule has 1 aliphatic heterocycles. The number of hydrogen-bond acceptors (Lipinski definition) is 4. The molecule has 2 amide bonds. The summed E-state index contributed by atoms with van der Waals surface area (Å²) in [6, 6.07) is 6.50. The highest BCUT2D eigenvalue weighted by atomic mass is 16.5. The molecule has 0 saturated carbocycles. The van der Waals surface area contributed by atoms with Crippen LogP contribution < -0.4 is 5.32 Å². The summed E-state index contributed by atoms with van der Waals surface area (Å²) in [5.74, 6) is -0.365. The van der Waals surface area contributed by atoms with Gasteiger partial charge in [0.25, 0.3) is 0 Å². The minimum atomic E-state index is -0.365. The molecule has 1 aromatic rings. The summed E-state index contributed by atoms with van der Waals surface area (Å²) in [6.45, 7) is 7.13. The third-order valence-electron chi connectivity index (χ3n) is 3.35. The topological polar surface area (TPSA) is 67.9 Å². The van der Waals surface area contributed by atoms with Gasteiger partial charge in [-0.15, -0.1) is 0 Å². The molecule has 0 aliphatic carbocycles. The van der Waals surface area contributed by atoms with Crippen LogP contribution in [0.1, 0.15) is 31.1 Å². The van der Waals surface area contributed by atoms with Gasteiger partial charge in [-0.1, -0.05) is 0 Å². The van der Waals surface area contributed by atoms with Crippen molar-refractivity contribution in [2.75, 3.05) is 25.0 Å². The minimum absolute atomic E-state index is 0.0284. The van der Waals surface area contributed by atoms with Gasteiger partial charge in [0.1, 0.15) is 0 Å². The highest BCUT2D eigenvalue weighted by Crippen LogP contribution is 2.15. The van der Waals surface area contributed by atoms with Crippen LogP contribution in [-0.4, -0.2) is 48.8 Å². The van der Waals surface area contributed by atoms with E-state index in [9.17, 15) is 9.59 Å². The average molecular weight is 306 g/mol. The maximum absolute atomic E-state index is 12.2. The number of rotatable bonds is 3. The van der Waals surface area contributed by atoms with Gasteiger partial charge >= 0.3 is 12.0 Å². The van der Waals surface area contributed by atoms with Crippen molar-refractivity contribution in [1.82, 2.24) is 4.90 Å². The first-order valence-electron chi connectivity index (χ1n) is 7.48. The molecule has 0 bridgehead atoms. The number of morpholine rings is 1. The van der Waals surface area contributed by atoms with E-state index < -0.39 is 0 Å². The fourth-order valence-corrected chi connectivity index (χ4v) is 2.45. The summed E-state index contributed by atoms with van der Waals surface area (Å²) < 4.78 is 10.5. The van der Waals surface area contributed by atoms with Crippen LogP contribution in [0, 0.1) is 0 Å². The predicted octanol–water partition coefficient (Wildman–Crippen LogP) is 2.50. The van der Waals surface area contributed by atoms with Gasteiger partial charge in [-0.25, -0.2) is 9.59 Å². The third kappa shape index (κ3) is 4.21. The average Bonchev–Trinajstić information content (AvgIpc) is 2.47. The van der Waals surface area contributed by atoms with E-state index in [0.29, 0.717) is 30.9 Å². The summed E-state index contributed by atoms with van der Waals surface area (Å²) in [5, 5.41) is 2.83. The Hall–Kier alpha value is -2.08. The van der Waals surface area contributed by atoms with Gasteiger partial charge in [0.05, 0.1) is 24.4 Å². The van der Waals surface area contributed by atoms with Crippen LogP contribution in [0.15, 0.2) is 24.3 Å². The minimum Gasteiger partial charge on any atom is -0.462 e. The molecule has 0 aromatic heterocycles. The summed E-state index contributed by atoms with van der Waals surface area (Å²) in [4.78, 5) is 25.5. The Kier molecular flexibility index (Phi) is 5.38. The van der Waals surface area contributed by atoms with E-state index in [4.69, 9.17) is 9.47 Å². The summed E-state index contributed by atoms with van der Waals surface area (Å²) in [7, 11) is 0. The Balaban J connectivity index is 1.95. The molecule has 0 unspecified atom stereocenters. The molecule has 1 aromatic carbocycles. The highest BCUT2D eigenvalue weighted by Gasteiger charge is 2.25. The van der Waals surface area contributed by atoms with Crippen LogP contribution in [0.5, 0.6) is 0 Å². The van der Waals surface area contributed by atoms with E-state index in [1.807, 2.05) is 13.8 Å². The van der Waals surface area contributed by atoms with E-state index in [-0.39, 0.29) is 24.2 Å². The molecule has 0 spiro atoms. The quantitative estimate of drug-likeness (QED) is 0.871. The Morgan fingerprint density at radius 1 is 1.23 bits per heavy atom. The number of anilines is 1. The number of esters is 1. The molecule has 1 fully saturated rings. The highest BCUT2D eigenvalue weighted by molar-refractivity contribution is 5.92. The van der Waals surface area contributed by atoms with E-state index in [1.54, 1.807) is 36.1 Å². The van der Waals surface area contributed by atoms with Crippen molar-refractivity contribution >= 4 is 17.7 Å². The molecule has 2 rings (SSSR count). The first-order chi connectivity index (χ1) is 10.5. The first-order valence-corrected chi connectivity index (χ1v) is 7.48.